The van der Waals surface area contributed by atoms with Gasteiger partial charge in [-0.2, -0.15) is 9.61 Å². The fourth-order valence-electron chi connectivity index (χ4n) is 2.25. The first-order valence-corrected chi connectivity index (χ1v) is 8.27. The zero-order valence-corrected chi connectivity index (χ0v) is 13.3. The molecule has 0 unspecified atom stereocenters. The van der Waals surface area contributed by atoms with Crippen LogP contribution in [0.5, 0.6) is 0 Å². The summed E-state index contributed by atoms with van der Waals surface area (Å²) in [5.41, 5.74) is 1.99. The van der Waals surface area contributed by atoms with Crippen LogP contribution in [0.1, 0.15) is 10.4 Å². The van der Waals surface area contributed by atoms with E-state index in [4.69, 9.17) is 4.42 Å². The standard InChI is InChI=1S/C17H12N4O2S/c22-14(12-5-2-1-3-6-12)11-24-17-19-18-16-9-8-13(20-21(16)17)15-7-4-10-23-15/h1-10H,11H2. The Morgan fingerprint density at radius 3 is 2.71 bits per heavy atom. The molecule has 0 aliphatic rings. The fraction of sp³-hybridized carbons (Fsp3) is 0.0588. The zero-order valence-electron chi connectivity index (χ0n) is 12.5. The Kier molecular flexibility index (Phi) is 3.84. The summed E-state index contributed by atoms with van der Waals surface area (Å²) >= 11 is 1.31. The maximum Gasteiger partial charge on any atom is 0.212 e. The lowest BCUT2D eigenvalue weighted by molar-refractivity contribution is 0.102. The van der Waals surface area contributed by atoms with E-state index < -0.39 is 0 Å². The zero-order chi connectivity index (χ0) is 16.4. The quantitative estimate of drug-likeness (QED) is 0.411. The van der Waals surface area contributed by atoms with E-state index in [1.54, 1.807) is 22.9 Å². The number of rotatable bonds is 5. The Labute approximate surface area is 141 Å². The molecule has 0 fully saturated rings. The molecule has 0 aliphatic heterocycles. The van der Waals surface area contributed by atoms with Crippen LogP contribution in [0.15, 0.2) is 70.4 Å². The number of benzene rings is 1. The van der Waals surface area contributed by atoms with Crippen molar-refractivity contribution in [3.63, 3.8) is 0 Å². The van der Waals surface area contributed by atoms with Gasteiger partial charge in [-0.25, -0.2) is 0 Å². The van der Waals surface area contributed by atoms with Crippen LogP contribution in [0, 0.1) is 0 Å². The molecule has 4 aromatic rings. The summed E-state index contributed by atoms with van der Waals surface area (Å²) in [5, 5.41) is 13.3. The first kappa shape index (κ1) is 14.6. The van der Waals surface area contributed by atoms with Crippen LogP contribution in [-0.4, -0.2) is 31.3 Å². The Bertz CT molecular complexity index is 980. The van der Waals surface area contributed by atoms with Crippen LogP contribution in [0.4, 0.5) is 0 Å². The molecule has 0 atom stereocenters. The summed E-state index contributed by atoms with van der Waals surface area (Å²) < 4.78 is 6.99. The molecule has 24 heavy (non-hydrogen) atoms. The van der Waals surface area contributed by atoms with Crippen molar-refractivity contribution < 1.29 is 9.21 Å². The van der Waals surface area contributed by atoms with Gasteiger partial charge in [0.15, 0.2) is 17.2 Å². The maximum absolute atomic E-state index is 12.2. The summed E-state index contributed by atoms with van der Waals surface area (Å²) in [6, 6.07) is 16.5. The molecule has 3 aromatic heterocycles. The monoisotopic (exact) mass is 336 g/mol. The minimum Gasteiger partial charge on any atom is -0.463 e. The number of carbonyl (C=O) groups excluding carboxylic acids is 1. The minimum atomic E-state index is 0.0412. The molecule has 0 aliphatic carbocycles. The van der Waals surface area contributed by atoms with Gasteiger partial charge in [-0.3, -0.25) is 4.79 Å². The van der Waals surface area contributed by atoms with Crippen LogP contribution >= 0.6 is 11.8 Å². The maximum atomic E-state index is 12.2. The second-order valence-electron chi connectivity index (χ2n) is 5.03. The molecule has 6 nitrogen and oxygen atoms in total. The summed E-state index contributed by atoms with van der Waals surface area (Å²) in [6.07, 6.45) is 1.60. The van der Waals surface area contributed by atoms with Crippen LogP contribution in [0.25, 0.3) is 17.1 Å². The molecular formula is C17H12N4O2S. The Hall–Kier alpha value is -2.93. The molecule has 0 amide bonds. The van der Waals surface area contributed by atoms with Gasteiger partial charge in [-0.05, 0) is 24.3 Å². The first-order chi connectivity index (χ1) is 11.8. The van der Waals surface area contributed by atoms with E-state index in [9.17, 15) is 4.79 Å². The highest BCUT2D eigenvalue weighted by molar-refractivity contribution is 7.99. The largest absolute Gasteiger partial charge is 0.463 e. The highest BCUT2D eigenvalue weighted by atomic mass is 32.2. The highest BCUT2D eigenvalue weighted by Gasteiger charge is 2.13. The number of ketones is 1. The van der Waals surface area contributed by atoms with E-state index in [-0.39, 0.29) is 11.5 Å². The van der Waals surface area contributed by atoms with Crippen molar-refractivity contribution in [3.8, 4) is 11.5 Å². The van der Waals surface area contributed by atoms with E-state index >= 15 is 0 Å². The molecule has 0 saturated heterocycles. The average Bonchev–Trinajstić information content (AvgIpc) is 3.30. The molecule has 3 heterocycles. The van der Waals surface area contributed by atoms with Crippen molar-refractivity contribution in [1.82, 2.24) is 19.8 Å². The van der Waals surface area contributed by atoms with Gasteiger partial charge >= 0.3 is 0 Å². The smallest absolute Gasteiger partial charge is 0.212 e. The van der Waals surface area contributed by atoms with E-state index in [1.165, 1.54) is 11.8 Å². The molecule has 0 bridgehead atoms. The fourth-order valence-corrected chi connectivity index (χ4v) is 3.03. The number of fused-ring (bicyclic) bond motifs is 1. The predicted molar refractivity (Wildman–Crippen MR) is 90.0 cm³/mol. The van der Waals surface area contributed by atoms with E-state index in [2.05, 4.69) is 15.3 Å². The van der Waals surface area contributed by atoms with Crippen molar-refractivity contribution in [2.45, 2.75) is 5.16 Å². The van der Waals surface area contributed by atoms with Crippen molar-refractivity contribution in [3.05, 3.63) is 66.4 Å². The third kappa shape index (κ3) is 2.81. The number of nitrogens with zero attached hydrogens (tertiary/aromatic N) is 4. The summed E-state index contributed by atoms with van der Waals surface area (Å²) in [4.78, 5) is 12.2. The van der Waals surface area contributed by atoms with E-state index in [0.717, 1.165) is 0 Å². The number of aromatic nitrogens is 4. The number of hydrogen-bond donors (Lipinski definition) is 0. The van der Waals surface area contributed by atoms with Gasteiger partial charge in [0.05, 0.1) is 12.0 Å². The summed E-state index contributed by atoms with van der Waals surface area (Å²) in [6.45, 7) is 0. The third-order valence-electron chi connectivity index (χ3n) is 3.44. The molecule has 0 spiro atoms. The van der Waals surface area contributed by atoms with Crippen LogP contribution in [0.3, 0.4) is 0 Å². The Balaban J connectivity index is 1.58. The summed E-state index contributed by atoms with van der Waals surface area (Å²) in [7, 11) is 0. The van der Waals surface area contributed by atoms with Crippen molar-refractivity contribution >= 4 is 23.2 Å². The molecule has 0 N–H and O–H groups in total. The number of carbonyl (C=O) groups is 1. The first-order valence-electron chi connectivity index (χ1n) is 7.29. The molecule has 4 rings (SSSR count). The van der Waals surface area contributed by atoms with Crippen LogP contribution in [-0.2, 0) is 0 Å². The topological polar surface area (TPSA) is 73.3 Å². The normalized spacial score (nSPS) is 11.0. The lowest BCUT2D eigenvalue weighted by atomic mass is 10.2. The third-order valence-corrected chi connectivity index (χ3v) is 4.36. The number of thioether (sulfide) groups is 1. The van der Waals surface area contributed by atoms with E-state index in [1.807, 2.05) is 42.5 Å². The van der Waals surface area contributed by atoms with Gasteiger partial charge in [0.25, 0.3) is 0 Å². The predicted octanol–water partition coefficient (Wildman–Crippen LogP) is 3.36. The highest BCUT2D eigenvalue weighted by Crippen LogP contribution is 2.21. The molecule has 7 heteroatoms. The lowest BCUT2D eigenvalue weighted by Crippen LogP contribution is -2.03. The molecular weight excluding hydrogens is 324 g/mol. The summed E-state index contributed by atoms with van der Waals surface area (Å²) in [5.74, 6) is 0.985. The van der Waals surface area contributed by atoms with Gasteiger partial charge in [0, 0.05) is 5.56 Å². The molecule has 0 saturated carbocycles. The number of furan rings is 1. The van der Waals surface area contributed by atoms with Crippen molar-refractivity contribution in [2.24, 2.45) is 0 Å². The molecule has 0 radical (unpaired) electrons. The van der Waals surface area contributed by atoms with Gasteiger partial charge in [0.2, 0.25) is 5.16 Å². The second kappa shape index (κ2) is 6.29. The average molecular weight is 336 g/mol. The van der Waals surface area contributed by atoms with Gasteiger partial charge in [0.1, 0.15) is 5.69 Å². The van der Waals surface area contributed by atoms with Crippen LogP contribution in [0.2, 0.25) is 0 Å². The van der Waals surface area contributed by atoms with Gasteiger partial charge in [-0.1, -0.05) is 42.1 Å². The number of Topliss-reactive ketones (excluding diaryl/α,β-unsaturated/α-hetero) is 1. The van der Waals surface area contributed by atoms with Gasteiger partial charge < -0.3 is 4.42 Å². The van der Waals surface area contributed by atoms with E-state index in [0.29, 0.717) is 27.8 Å². The van der Waals surface area contributed by atoms with Crippen LogP contribution < -0.4 is 0 Å². The molecule has 1 aromatic carbocycles. The Morgan fingerprint density at radius 2 is 1.92 bits per heavy atom. The Morgan fingerprint density at radius 1 is 1.04 bits per heavy atom. The minimum absolute atomic E-state index is 0.0412. The van der Waals surface area contributed by atoms with Crippen molar-refractivity contribution in [2.75, 3.05) is 5.75 Å². The molecule has 118 valence electrons. The number of hydrogen-bond acceptors (Lipinski definition) is 6. The lowest BCUT2D eigenvalue weighted by Gasteiger charge is -2.01. The van der Waals surface area contributed by atoms with Gasteiger partial charge in [-0.15, -0.1) is 10.2 Å². The second-order valence-corrected chi connectivity index (χ2v) is 5.97. The van der Waals surface area contributed by atoms with Crippen molar-refractivity contribution in [1.29, 1.82) is 0 Å². The SMILES string of the molecule is O=C(CSc1nnc2ccc(-c3ccco3)nn12)c1ccccc1.